The molecule has 3 heterocycles. The lowest BCUT2D eigenvalue weighted by molar-refractivity contribution is 0.564. The van der Waals surface area contributed by atoms with Crippen LogP contribution in [0.1, 0.15) is 37.6 Å². The van der Waals surface area contributed by atoms with E-state index in [1.165, 1.54) is 6.20 Å². The number of aromatic amines is 1. The van der Waals surface area contributed by atoms with E-state index < -0.39 is 0 Å². The maximum atomic E-state index is 12.8. The van der Waals surface area contributed by atoms with Crippen molar-refractivity contribution in [2.75, 3.05) is 0 Å². The molecule has 0 saturated heterocycles. The van der Waals surface area contributed by atoms with Crippen LogP contribution in [0.5, 0.6) is 0 Å². The van der Waals surface area contributed by atoms with Gasteiger partial charge in [-0.05, 0) is 30.7 Å². The summed E-state index contributed by atoms with van der Waals surface area (Å²) in [5.41, 5.74) is 3.69. The maximum absolute atomic E-state index is 12.8. The average Bonchev–Trinajstić information content (AvgIpc) is 3.39. The van der Waals surface area contributed by atoms with Gasteiger partial charge >= 0.3 is 0 Å². The largest absolute Gasteiger partial charge is 0.304 e. The minimum Gasteiger partial charge on any atom is -0.304 e. The van der Waals surface area contributed by atoms with E-state index in [-0.39, 0.29) is 11.0 Å². The van der Waals surface area contributed by atoms with Crippen molar-refractivity contribution in [2.45, 2.75) is 33.1 Å². The van der Waals surface area contributed by atoms with Gasteiger partial charge in [0.15, 0.2) is 17.2 Å². The molecule has 168 valence electrons. The fourth-order valence-electron chi connectivity index (χ4n) is 3.91. The molecule has 5 rings (SSSR count). The van der Waals surface area contributed by atoms with Crippen molar-refractivity contribution in [3.8, 4) is 11.8 Å². The van der Waals surface area contributed by atoms with E-state index >= 15 is 0 Å². The van der Waals surface area contributed by atoms with Gasteiger partial charge in [0.25, 0.3) is 5.56 Å². The molecular weight excluding hydrogens is 428 g/mol. The van der Waals surface area contributed by atoms with Gasteiger partial charge < -0.3 is 4.98 Å². The number of nitrogens with one attached hydrogen (secondary N) is 1. The molecular formula is C25H22N8O. The van der Waals surface area contributed by atoms with E-state index in [0.717, 1.165) is 11.3 Å². The predicted molar refractivity (Wildman–Crippen MR) is 129 cm³/mol. The molecule has 0 spiro atoms. The third kappa shape index (κ3) is 3.36. The van der Waals surface area contributed by atoms with Gasteiger partial charge in [-0.15, -0.1) is 10.2 Å². The van der Waals surface area contributed by atoms with Crippen LogP contribution in [0.25, 0.3) is 22.2 Å². The van der Waals surface area contributed by atoms with E-state index in [2.05, 4.69) is 26.4 Å². The maximum Gasteiger partial charge on any atom is 0.259 e. The van der Waals surface area contributed by atoms with Gasteiger partial charge in [0.2, 0.25) is 0 Å². The molecule has 0 aliphatic heterocycles. The summed E-state index contributed by atoms with van der Waals surface area (Å²) >= 11 is 0. The fraction of sp³-hybridized carbons (Fsp3) is 0.200. The van der Waals surface area contributed by atoms with Crippen LogP contribution in [-0.2, 0) is 5.41 Å². The van der Waals surface area contributed by atoms with E-state index in [9.17, 15) is 10.1 Å². The Morgan fingerprint density at radius 1 is 1.06 bits per heavy atom. The zero-order chi connectivity index (χ0) is 24.0. The Morgan fingerprint density at radius 3 is 2.53 bits per heavy atom. The highest BCUT2D eigenvalue weighted by molar-refractivity contribution is 5.83. The van der Waals surface area contributed by atoms with E-state index in [1.54, 1.807) is 15.3 Å². The first-order chi connectivity index (χ1) is 16.3. The lowest BCUT2D eigenvalue weighted by atomic mass is 9.91. The smallest absolute Gasteiger partial charge is 0.259 e. The van der Waals surface area contributed by atoms with Crippen molar-refractivity contribution in [1.82, 2.24) is 24.4 Å². The Hall–Kier alpha value is -4.58. The number of H-pyrrole nitrogens is 1. The zero-order valence-corrected chi connectivity index (χ0v) is 19.2. The molecule has 0 bridgehead atoms. The van der Waals surface area contributed by atoms with Gasteiger partial charge in [-0.3, -0.25) is 4.79 Å². The molecule has 1 N–H and O–H groups in total. The van der Waals surface area contributed by atoms with Gasteiger partial charge in [0.05, 0.1) is 28.5 Å². The fourth-order valence-corrected chi connectivity index (χ4v) is 3.91. The molecule has 2 aromatic carbocycles. The van der Waals surface area contributed by atoms with Crippen LogP contribution >= 0.6 is 0 Å². The second kappa shape index (κ2) is 7.78. The molecule has 0 saturated carbocycles. The number of azo groups is 1. The number of fused-ring (bicyclic) bond motifs is 3. The Morgan fingerprint density at radius 2 is 1.79 bits per heavy atom. The molecule has 0 aliphatic carbocycles. The summed E-state index contributed by atoms with van der Waals surface area (Å²) in [6, 6.07) is 17.1. The summed E-state index contributed by atoms with van der Waals surface area (Å²) in [6.45, 7) is 8.02. The van der Waals surface area contributed by atoms with Crippen molar-refractivity contribution < 1.29 is 0 Å². The minimum absolute atomic E-state index is 0.234. The molecule has 5 aromatic rings. The molecule has 0 radical (unpaired) electrons. The van der Waals surface area contributed by atoms with Crippen molar-refractivity contribution in [3.63, 3.8) is 0 Å². The number of rotatable bonds is 3. The number of hydrogen-bond acceptors (Lipinski definition) is 6. The Bertz CT molecular complexity index is 1690. The average molecular weight is 451 g/mol. The Labute approximate surface area is 195 Å². The molecule has 0 fully saturated rings. The third-order valence-corrected chi connectivity index (χ3v) is 5.63. The number of nitrogens with zero attached hydrogens (tertiary/aromatic N) is 7. The predicted octanol–water partition coefficient (Wildman–Crippen LogP) is 5.25. The second-order valence-corrected chi connectivity index (χ2v) is 9.07. The van der Waals surface area contributed by atoms with Gasteiger partial charge in [-0.1, -0.05) is 51.1 Å². The van der Waals surface area contributed by atoms with Crippen LogP contribution in [0.4, 0.5) is 11.5 Å². The number of benzene rings is 2. The summed E-state index contributed by atoms with van der Waals surface area (Å²) in [6.07, 6.45) is 1.47. The second-order valence-electron chi connectivity index (χ2n) is 9.07. The van der Waals surface area contributed by atoms with Crippen molar-refractivity contribution in [3.05, 3.63) is 81.9 Å². The Balaban J connectivity index is 1.77. The number of aromatic nitrogens is 5. The van der Waals surface area contributed by atoms with Crippen molar-refractivity contribution >= 4 is 28.1 Å². The highest BCUT2D eigenvalue weighted by Gasteiger charge is 2.26. The monoisotopic (exact) mass is 450 g/mol. The minimum atomic E-state index is -0.382. The molecule has 3 aromatic heterocycles. The molecule has 0 unspecified atom stereocenters. The SMILES string of the molecule is Cc1ccccc1-n1ncc(C#N)c1N=Nc1c(C(C)(C)C)nn2c1[nH]c(=O)c1ccccc12. The highest BCUT2D eigenvalue weighted by Crippen LogP contribution is 2.36. The van der Waals surface area contributed by atoms with Gasteiger partial charge in [-0.2, -0.15) is 15.5 Å². The van der Waals surface area contributed by atoms with Crippen LogP contribution in [0.3, 0.4) is 0 Å². The van der Waals surface area contributed by atoms with E-state index in [1.807, 2.05) is 70.2 Å². The number of nitriles is 1. The van der Waals surface area contributed by atoms with Crippen LogP contribution in [0, 0.1) is 18.3 Å². The first-order valence-electron chi connectivity index (χ1n) is 10.8. The van der Waals surface area contributed by atoms with Crippen LogP contribution < -0.4 is 5.56 Å². The molecule has 0 amide bonds. The summed E-state index contributed by atoms with van der Waals surface area (Å²) in [4.78, 5) is 15.7. The first kappa shape index (κ1) is 21.3. The van der Waals surface area contributed by atoms with Gasteiger partial charge in [0.1, 0.15) is 11.6 Å². The summed E-state index contributed by atoms with van der Waals surface area (Å²) < 4.78 is 3.29. The first-order valence-corrected chi connectivity index (χ1v) is 10.8. The van der Waals surface area contributed by atoms with Crippen molar-refractivity contribution in [2.24, 2.45) is 10.2 Å². The van der Waals surface area contributed by atoms with E-state index in [4.69, 9.17) is 5.10 Å². The third-order valence-electron chi connectivity index (χ3n) is 5.63. The molecule has 0 aliphatic rings. The number of aryl methyl sites for hydroxylation is 1. The standard InChI is InChI=1S/C25H22N8O/c1-15-9-5-7-11-18(15)32-22(16(13-26)14-27-32)30-29-20-21(25(2,3)4)31-33-19-12-8-6-10-17(19)24(34)28-23(20)33/h5-12,14H,1-4H3,(H,28,34). The summed E-state index contributed by atoms with van der Waals surface area (Å²) in [5.74, 6) is 0.305. The molecule has 9 nitrogen and oxygen atoms in total. The van der Waals surface area contributed by atoms with Crippen molar-refractivity contribution in [1.29, 1.82) is 5.26 Å². The van der Waals surface area contributed by atoms with Gasteiger partial charge in [-0.25, -0.2) is 9.20 Å². The van der Waals surface area contributed by atoms with Crippen LogP contribution in [-0.4, -0.2) is 24.4 Å². The summed E-state index contributed by atoms with van der Waals surface area (Å²) in [7, 11) is 0. The number of hydrogen-bond donors (Lipinski definition) is 1. The normalized spacial score (nSPS) is 12.1. The summed E-state index contributed by atoms with van der Waals surface area (Å²) in [5, 5.41) is 28.3. The molecule has 9 heteroatoms. The van der Waals surface area contributed by atoms with Gasteiger partial charge in [0, 0.05) is 5.41 Å². The van der Waals surface area contributed by atoms with Crippen LogP contribution in [0.2, 0.25) is 0 Å². The highest BCUT2D eigenvalue weighted by atomic mass is 16.1. The topological polar surface area (TPSA) is 116 Å². The molecule has 0 atom stereocenters. The molecule has 34 heavy (non-hydrogen) atoms. The zero-order valence-electron chi connectivity index (χ0n) is 19.2. The van der Waals surface area contributed by atoms with Crippen LogP contribution in [0.15, 0.2) is 69.8 Å². The quantitative estimate of drug-likeness (QED) is 0.378. The lowest BCUT2D eigenvalue weighted by Crippen LogP contribution is -2.12. The lowest BCUT2D eigenvalue weighted by Gasteiger charge is -2.15. The Kier molecular flexibility index (Phi) is 4.87. The van der Waals surface area contributed by atoms with E-state index in [0.29, 0.717) is 39.3 Å². The number of para-hydroxylation sites is 2.